The molecule has 4 rings (SSSR count). The van der Waals surface area contributed by atoms with Crippen molar-refractivity contribution in [1.82, 2.24) is 19.9 Å². The lowest BCUT2D eigenvalue weighted by atomic mass is 10.1. The van der Waals surface area contributed by atoms with Crippen LogP contribution >= 0.6 is 11.3 Å². The molecule has 1 aromatic carbocycles. The molecule has 3 aromatic rings. The van der Waals surface area contributed by atoms with Gasteiger partial charge in [0.05, 0.1) is 0 Å². The summed E-state index contributed by atoms with van der Waals surface area (Å²) < 4.78 is 1.50. The average molecular weight is 398 g/mol. The van der Waals surface area contributed by atoms with Gasteiger partial charge in [0.15, 0.2) is 0 Å². The smallest absolute Gasteiger partial charge is 0.274 e. The zero-order chi connectivity index (χ0) is 19.5. The largest absolute Gasteiger partial charge is 0.347 e. The van der Waals surface area contributed by atoms with Crippen LogP contribution in [0.3, 0.4) is 0 Å². The van der Waals surface area contributed by atoms with Crippen LogP contribution in [0.1, 0.15) is 47.3 Å². The van der Waals surface area contributed by atoms with E-state index in [1.54, 1.807) is 0 Å². The van der Waals surface area contributed by atoms with E-state index in [9.17, 15) is 9.59 Å². The number of rotatable bonds is 4. The molecule has 0 unspecified atom stereocenters. The summed E-state index contributed by atoms with van der Waals surface area (Å²) in [4.78, 5) is 31.5. The monoisotopic (exact) mass is 397 g/mol. The molecule has 1 amide bonds. The predicted molar refractivity (Wildman–Crippen MR) is 110 cm³/mol. The van der Waals surface area contributed by atoms with Crippen LogP contribution in [0, 0.1) is 6.92 Å². The van der Waals surface area contributed by atoms with E-state index in [1.807, 2.05) is 31.2 Å². The third-order valence-corrected chi connectivity index (χ3v) is 5.90. The normalized spacial score (nSPS) is 14.8. The van der Waals surface area contributed by atoms with Crippen molar-refractivity contribution in [3.63, 3.8) is 0 Å². The van der Waals surface area contributed by atoms with Gasteiger partial charge in [-0.3, -0.25) is 9.59 Å². The number of carbonyl (C=O) groups is 1. The first kappa shape index (κ1) is 18.6. The Bertz CT molecular complexity index is 1030. The van der Waals surface area contributed by atoms with Gasteiger partial charge in [-0.1, -0.05) is 54.0 Å². The van der Waals surface area contributed by atoms with Gasteiger partial charge in [-0.15, -0.1) is 5.10 Å². The van der Waals surface area contributed by atoms with Crippen molar-refractivity contribution >= 4 is 27.3 Å². The number of hydrogen-bond donors (Lipinski definition) is 1. The number of carbonyl (C=O) groups excluding carboxylic acids is 1. The molecule has 146 valence electrons. The van der Waals surface area contributed by atoms with Gasteiger partial charge in [-0.05, 0) is 25.3 Å². The maximum Gasteiger partial charge on any atom is 0.274 e. The highest BCUT2D eigenvalue weighted by Gasteiger charge is 2.19. The summed E-state index contributed by atoms with van der Waals surface area (Å²) >= 11 is 1.36. The Morgan fingerprint density at radius 3 is 2.57 bits per heavy atom. The van der Waals surface area contributed by atoms with Gasteiger partial charge < -0.3 is 10.2 Å². The molecular weight excluding hydrogens is 374 g/mol. The van der Waals surface area contributed by atoms with Crippen molar-refractivity contribution in [1.29, 1.82) is 0 Å². The molecule has 1 aliphatic heterocycles. The number of nitrogens with one attached hydrogen (secondary N) is 1. The third kappa shape index (κ3) is 4.06. The highest BCUT2D eigenvalue weighted by atomic mass is 32.1. The fraction of sp³-hybridized carbons (Fsp3) is 0.400. The minimum atomic E-state index is -0.424. The lowest BCUT2D eigenvalue weighted by molar-refractivity contribution is 0.0943. The zero-order valence-electron chi connectivity index (χ0n) is 15.9. The van der Waals surface area contributed by atoms with Crippen LogP contribution in [-0.2, 0) is 6.54 Å². The topological polar surface area (TPSA) is 79.6 Å². The molecule has 3 heterocycles. The second kappa shape index (κ2) is 8.10. The first-order valence-electron chi connectivity index (χ1n) is 9.60. The Hall–Kier alpha value is -2.74. The molecule has 0 saturated carbocycles. The zero-order valence-corrected chi connectivity index (χ0v) is 16.7. The van der Waals surface area contributed by atoms with Crippen molar-refractivity contribution in [3.05, 3.63) is 57.5 Å². The van der Waals surface area contributed by atoms with E-state index in [1.165, 1.54) is 40.3 Å². The number of aryl methyl sites for hydroxylation is 1. The van der Waals surface area contributed by atoms with E-state index >= 15 is 0 Å². The number of fused-ring (bicyclic) bond motifs is 1. The molecule has 0 aliphatic carbocycles. The standard InChI is InChI=1S/C20H23N5O2S/c1-14-6-8-15(9-7-14)13-21-18(27)16-12-17(26)22-19-25(16)23-20(28-19)24-10-4-2-3-5-11-24/h6-9,12H,2-5,10-11,13H2,1H3,(H,21,27). The minimum Gasteiger partial charge on any atom is -0.347 e. The minimum absolute atomic E-state index is 0.222. The second-order valence-electron chi connectivity index (χ2n) is 7.13. The molecule has 28 heavy (non-hydrogen) atoms. The van der Waals surface area contributed by atoms with E-state index in [2.05, 4.69) is 20.3 Å². The van der Waals surface area contributed by atoms with Gasteiger partial charge in [0.2, 0.25) is 10.1 Å². The first-order chi connectivity index (χ1) is 13.6. The van der Waals surface area contributed by atoms with Crippen LogP contribution < -0.4 is 15.8 Å². The van der Waals surface area contributed by atoms with Crippen molar-refractivity contribution in [3.8, 4) is 0 Å². The van der Waals surface area contributed by atoms with Gasteiger partial charge in [-0.2, -0.15) is 9.50 Å². The Balaban J connectivity index is 1.59. The highest BCUT2D eigenvalue weighted by molar-refractivity contribution is 7.20. The van der Waals surface area contributed by atoms with Crippen LogP contribution in [-0.4, -0.2) is 33.6 Å². The van der Waals surface area contributed by atoms with Crippen molar-refractivity contribution in [2.45, 2.75) is 39.2 Å². The molecular formula is C20H23N5O2S. The number of hydrogen-bond acceptors (Lipinski definition) is 6. The number of nitrogens with zero attached hydrogens (tertiary/aromatic N) is 4. The van der Waals surface area contributed by atoms with Gasteiger partial charge in [-0.25, -0.2) is 0 Å². The first-order valence-corrected chi connectivity index (χ1v) is 10.4. The number of anilines is 1. The van der Waals surface area contributed by atoms with Crippen LogP contribution in [0.5, 0.6) is 0 Å². The summed E-state index contributed by atoms with van der Waals surface area (Å²) in [7, 11) is 0. The van der Waals surface area contributed by atoms with Crippen molar-refractivity contribution in [2.24, 2.45) is 0 Å². The van der Waals surface area contributed by atoms with E-state index < -0.39 is 5.56 Å². The van der Waals surface area contributed by atoms with Gasteiger partial charge >= 0.3 is 0 Å². The Morgan fingerprint density at radius 1 is 1.14 bits per heavy atom. The fourth-order valence-corrected chi connectivity index (χ4v) is 4.29. The number of benzene rings is 1. The molecule has 0 radical (unpaired) electrons. The van der Waals surface area contributed by atoms with E-state index in [4.69, 9.17) is 0 Å². The fourth-order valence-electron chi connectivity index (χ4n) is 3.34. The summed E-state index contributed by atoms with van der Waals surface area (Å²) in [5.41, 5.74) is 1.96. The van der Waals surface area contributed by atoms with Crippen molar-refractivity contribution in [2.75, 3.05) is 18.0 Å². The molecule has 8 heteroatoms. The summed E-state index contributed by atoms with van der Waals surface area (Å²) in [5.74, 6) is -0.331. The average Bonchev–Trinajstić information content (AvgIpc) is 2.92. The Morgan fingerprint density at radius 2 is 1.86 bits per heavy atom. The molecule has 1 aliphatic rings. The van der Waals surface area contributed by atoms with Crippen LogP contribution in [0.2, 0.25) is 0 Å². The lowest BCUT2D eigenvalue weighted by Crippen LogP contribution is -2.28. The summed E-state index contributed by atoms with van der Waals surface area (Å²) in [5, 5.41) is 8.30. The quantitative estimate of drug-likeness (QED) is 0.732. The van der Waals surface area contributed by atoms with Gasteiger partial charge in [0, 0.05) is 25.7 Å². The Labute approximate surface area is 167 Å². The molecule has 0 atom stereocenters. The van der Waals surface area contributed by atoms with E-state index in [0.29, 0.717) is 11.5 Å². The molecule has 0 bridgehead atoms. The van der Waals surface area contributed by atoms with Crippen molar-refractivity contribution < 1.29 is 4.79 Å². The maximum atomic E-state index is 12.7. The SMILES string of the molecule is Cc1ccc(CNC(=O)c2cc(=O)nc3sc(N4CCCCCC4)nn23)cc1. The molecule has 0 spiro atoms. The Kier molecular flexibility index (Phi) is 5.38. The van der Waals surface area contributed by atoms with Gasteiger partial charge in [0.1, 0.15) is 5.69 Å². The molecule has 1 N–H and O–H groups in total. The maximum absolute atomic E-state index is 12.7. The summed E-state index contributed by atoms with van der Waals surface area (Å²) in [6.45, 7) is 4.30. The predicted octanol–water partition coefficient (Wildman–Crippen LogP) is 2.77. The van der Waals surface area contributed by atoms with E-state index in [-0.39, 0.29) is 11.6 Å². The number of aromatic nitrogens is 3. The van der Waals surface area contributed by atoms with Crippen LogP contribution in [0.25, 0.3) is 4.96 Å². The molecule has 7 nitrogen and oxygen atoms in total. The third-order valence-electron chi connectivity index (χ3n) is 4.93. The van der Waals surface area contributed by atoms with Gasteiger partial charge in [0.25, 0.3) is 11.5 Å². The van der Waals surface area contributed by atoms with E-state index in [0.717, 1.165) is 36.6 Å². The van der Waals surface area contributed by atoms with Crippen LogP contribution in [0.4, 0.5) is 5.13 Å². The highest BCUT2D eigenvalue weighted by Crippen LogP contribution is 2.25. The molecule has 1 saturated heterocycles. The molecule has 2 aromatic heterocycles. The second-order valence-corrected chi connectivity index (χ2v) is 8.06. The summed E-state index contributed by atoms with van der Waals surface area (Å²) in [6.07, 6.45) is 4.71. The lowest BCUT2D eigenvalue weighted by Gasteiger charge is -2.17. The molecule has 1 fully saturated rings. The number of amides is 1. The summed E-state index contributed by atoms with van der Waals surface area (Å²) in [6, 6.07) is 9.22. The van der Waals surface area contributed by atoms with Crippen LogP contribution in [0.15, 0.2) is 35.1 Å².